The van der Waals surface area contributed by atoms with Gasteiger partial charge in [0.05, 0.1) is 17.2 Å². The van der Waals surface area contributed by atoms with Gasteiger partial charge in [0.2, 0.25) is 0 Å². The number of benzene rings is 1. The van der Waals surface area contributed by atoms with Gasteiger partial charge < -0.3 is 0 Å². The molecule has 1 aromatic rings. The number of hydrogen-bond donors (Lipinski definition) is 0. The monoisotopic (exact) mass is 351 g/mol. The molecular formula is C22H25NO3. The molecule has 1 heterocycles. The Kier molecular flexibility index (Phi) is 3.44. The molecule has 0 radical (unpaired) electrons. The summed E-state index contributed by atoms with van der Waals surface area (Å²) in [5.41, 5.74) is 0.984. The maximum atomic E-state index is 13.1. The van der Waals surface area contributed by atoms with Crippen molar-refractivity contribution in [3.05, 3.63) is 35.4 Å². The predicted molar refractivity (Wildman–Crippen MR) is 96.6 cm³/mol. The van der Waals surface area contributed by atoms with Crippen molar-refractivity contribution in [2.75, 3.05) is 0 Å². The van der Waals surface area contributed by atoms with E-state index in [1.807, 2.05) is 0 Å². The molecule has 136 valence electrons. The molecule has 0 saturated heterocycles. The van der Waals surface area contributed by atoms with Crippen LogP contribution in [0.4, 0.5) is 0 Å². The van der Waals surface area contributed by atoms with E-state index in [2.05, 4.69) is 0 Å². The number of carbonyl (C=O) groups is 3. The molecule has 4 heteroatoms. The van der Waals surface area contributed by atoms with Gasteiger partial charge in [-0.2, -0.15) is 0 Å². The van der Waals surface area contributed by atoms with Crippen molar-refractivity contribution in [3.8, 4) is 0 Å². The van der Waals surface area contributed by atoms with Crippen LogP contribution >= 0.6 is 0 Å². The van der Waals surface area contributed by atoms with Gasteiger partial charge in [-0.15, -0.1) is 0 Å². The second-order valence-corrected chi connectivity index (χ2v) is 9.26. The lowest BCUT2D eigenvalue weighted by Gasteiger charge is -2.57. The summed E-state index contributed by atoms with van der Waals surface area (Å²) in [7, 11) is 0. The van der Waals surface area contributed by atoms with Crippen molar-refractivity contribution in [2.45, 2.75) is 57.9 Å². The standard InChI is InChI=1S/C22H25NO3/c1-13(23-20(25)17-4-2-3-5-18(17)21(23)26)19(24)12-22-9-14-6-15(10-22)8-16(7-14)11-22/h2-5,13-16H,6-12H2,1H3. The predicted octanol–water partition coefficient (Wildman–Crippen LogP) is 3.85. The first-order chi connectivity index (χ1) is 12.5. The quantitative estimate of drug-likeness (QED) is 0.774. The Hall–Kier alpha value is -1.97. The Balaban J connectivity index is 1.35. The van der Waals surface area contributed by atoms with Crippen molar-refractivity contribution >= 4 is 17.6 Å². The van der Waals surface area contributed by atoms with Gasteiger partial charge in [0.1, 0.15) is 0 Å². The molecule has 1 aliphatic heterocycles. The molecule has 1 aromatic carbocycles. The minimum atomic E-state index is -0.671. The second-order valence-electron chi connectivity index (χ2n) is 9.26. The first-order valence-electron chi connectivity index (χ1n) is 9.95. The van der Waals surface area contributed by atoms with E-state index in [4.69, 9.17) is 0 Å². The molecule has 1 atom stereocenters. The van der Waals surface area contributed by atoms with E-state index in [9.17, 15) is 14.4 Å². The zero-order valence-electron chi connectivity index (χ0n) is 15.2. The van der Waals surface area contributed by atoms with Crippen LogP contribution in [0.5, 0.6) is 0 Å². The number of imide groups is 1. The summed E-state index contributed by atoms with van der Waals surface area (Å²) in [5.74, 6) is 1.80. The van der Waals surface area contributed by atoms with Gasteiger partial charge in [-0.1, -0.05) is 12.1 Å². The summed E-state index contributed by atoms with van der Waals surface area (Å²) >= 11 is 0. The molecule has 4 aliphatic carbocycles. The number of fused-ring (bicyclic) bond motifs is 1. The van der Waals surface area contributed by atoms with Crippen molar-refractivity contribution in [3.63, 3.8) is 0 Å². The molecule has 2 amide bonds. The normalized spacial score (nSPS) is 35.7. The van der Waals surface area contributed by atoms with E-state index in [-0.39, 0.29) is 23.0 Å². The Morgan fingerprint density at radius 1 is 1.00 bits per heavy atom. The number of ketones is 1. The summed E-state index contributed by atoms with van der Waals surface area (Å²) in [4.78, 5) is 39.6. The molecule has 0 aromatic heterocycles. The van der Waals surface area contributed by atoms with E-state index in [0.717, 1.165) is 17.8 Å². The highest BCUT2D eigenvalue weighted by atomic mass is 16.2. The second kappa shape index (κ2) is 5.51. The zero-order chi connectivity index (χ0) is 18.1. The van der Waals surface area contributed by atoms with E-state index in [0.29, 0.717) is 17.5 Å². The van der Waals surface area contributed by atoms with E-state index in [1.54, 1.807) is 31.2 Å². The Morgan fingerprint density at radius 3 is 1.92 bits per heavy atom. The van der Waals surface area contributed by atoms with Gasteiger partial charge in [0, 0.05) is 6.42 Å². The third-order valence-electron chi connectivity index (χ3n) is 7.39. The third-order valence-corrected chi connectivity index (χ3v) is 7.39. The van der Waals surface area contributed by atoms with Gasteiger partial charge in [0.15, 0.2) is 5.78 Å². The smallest absolute Gasteiger partial charge is 0.262 e. The molecule has 6 rings (SSSR count). The lowest BCUT2D eigenvalue weighted by Crippen LogP contribution is -2.49. The Morgan fingerprint density at radius 2 is 1.46 bits per heavy atom. The van der Waals surface area contributed by atoms with Crippen LogP contribution in [0.2, 0.25) is 0 Å². The molecule has 0 spiro atoms. The zero-order valence-corrected chi connectivity index (χ0v) is 15.2. The number of Topliss-reactive ketones (excluding diaryl/α,β-unsaturated/α-hetero) is 1. The largest absolute Gasteiger partial charge is 0.297 e. The highest BCUT2D eigenvalue weighted by molar-refractivity contribution is 6.22. The summed E-state index contributed by atoms with van der Waals surface area (Å²) in [6.45, 7) is 1.73. The molecule has 26 heavy (non-hydrogen) atoms. The lowest BCUT2D eigenvalue weighted by atomic mass is 9.48. The molecule has 4 saturated carbocycles. The van der Waals surface area contributed by atoms with E-state index < -0.39 is 6.04 Å². The Bertz CT molecular complexity index is 741. The van der Waals surface area contributed by atoms with Crippen LogP contribution in [0.1, 0.15) is 72.6 Å². The number of rotatable bonds is 4. The van der Waals surface area contributed by atoms with E-state index in [1.165, 1.54) is 43.4 Å². The van der Waals surface area contributed by atoms with Crippen LogP contribution in [0, 0.1) is 23.2 Å². The molecule has 1 unspecified atom stereocenters. The fraction of sp³-hybridized carbons (Fsp3) is 0.591. The van der Waals surface area contributed by atoms with Crippen molar-refractivity contribution in [1.82, 2.24) is 4.90 Å². The van der Waals surface area contributed by atoms with Gasteiger partial charge in [-0.3, -0.25) is 19.3 Å². The van der Waals surface area contributed by atoms with Crippen LogP contribution in [0.15, 0.2) is 24.3 Å². The molecule has 4 nitrogen and oxygen atoms in total. The Labute approximate surface area is 153 Å². The number of hydrogen-bond acceptors (Lipinski definition) is 3. The number of carbonyl (C=O) groups excluding carboxylic acids is 3. The minimum Gasteiger partial charge on any atom is -0.297 e. The van der Waals surface area contributed by atoms with Gasteiger partial charge in [0.25, 0.3) is 11.8 Å². The fourth-order valence-electron chi connectivity index (χ4n) is 6.73. The van der Waals surface area contributed by atoms with Crippen molar-refractivity contribution < 1.29 is 14.4 Å². The van der Waals surface area contributed by atoms with Gasteiger partial charge in [-0.25, -0.2) is 0 Å². The maximum absolute atomic E-state index is 13.1. The molecular weight excluding hydrogens is 326 g/mol. The van der Waals surface area contributed by atoms with Crippen LogP contribution < -0.4 is 0 Å². The minimum absolute atomic E-state index is 0.0569. The topological polar surface area (TPSA) is 54.5 Å². The van der Waals surface area contributed by atoms with Crippen LogP contribution in [-0.2, 0) is 4.79 Å². The van der Waals surface area contributed by atoms with Crippen molar-refractivity contribution in [2.24, 2.45) is 23.2 Å². The average molecular weight is 351 g/mol. The molecule has 0 N–H and O–H groups in total. The molecule has 4 fully saturated rings. The first kappa shape index (κ1) is 16.2. The third kappa shape index (κ3) is 2.30. The highest BCUT2D eigenvalue weighted by Crippen LogP contribution is 2.61. The van der Waals surface area contributed by atoms with Gasteiger partial charge >= 0.3 is 0 Å². The van der Waals surface area contributed by atoms with Crippen LogP contribution in [0.25, 0.3) is 0 Å². The maximum Gasteiger partial charge on any atom is 0.262 e. The number of amides is 2. The highest BCUT2D eigenvalue weighted by Gasteiger charge is 2.52. The van der Waals surface area contributed by atoms with Crippen molar-refractivity contribution in [1.29, 1.82) is 0 Å². The summed E-state index contributed by atoms with van der Waals surface area (Å²) in [6.07, 6.45) is 8.08. The SMILES string of the molecule is CC(C(=O)CC12CC3CC(CC(C3)C1)C2)N1C(=O)c2ccccc2C1=O. The first-order valence-corrected chi connectivity index (χ1v) is 9.95. The number of nitrogens with zero attached hydrogens (tertiary/aromatic N) is 1. The average Bonchev–Trinajstić information content (AvgIpc) is 2.84. The van der Waals surface area contributed by atoms with Gasteiger partial charge in [-0.05, 0) is 80.8 Å². The fourth-order valence-corrected chi connectivity index (χ4v) is 6.73. The van der Waals surface area contributed by atoms with E-state index >= 15 is 0 Å². The molecule has 5 aliphatic rings. The summed E-state index contributed by atoms with van der Waals surface area (Å²) < 4.78 is 0. The van der Waals surface area contributed by atoms with Crippen LogP contribution in [0.3, 0.4) is 0 Å². The summed E-state index contributed by atoms with van der Waals surface area (Å²) in [6, 6.07) is 6.19. The molecule has 4 bridgehead atoms. The van der Waals surface area contributed by atoms with Crippen LogP contribution in [-0.4, -0.2) is 28.5 Å². The summed E-state index contributed by atoms with van der Waals surface area (Å²) in [5, 5.41) is 0. The lowest BCUT2D eigenvalue weighted by molar-refractivity contribution is -0.130.